The van der Waals surface area contributed by atoms with Crippen molar-refractivity contribution in [3.05, 3.63) is 32.2 Å². The summed E-state index contributed by atoms with van der Waals surface area (Å²) in [4.78, 5) is 28.1. The monoisotopic (exact) mass is 475 g/mol. The van der Waals surface area contributed by atoms with Gasteiger partial charge in [0.1, 0.15) is 17.4 Å². The maximum Gasteiger partial charge on any atom is 0.329 e. The van der Waals surface area contributed by atoms with Gasteiger partial charge in [-0.2, -0.15) is 0 Å². The van der Waals surface area contributed by atoms with E-state index in [0.29, 0.717) is 12.8 Å². The standard InChI is InChI=1S/C21H25F4N3O5/c1-21(2,32)17(29)9-6-27(7-10(9)22)15-13(23)11(18(24)25)12-14(16(15)33-3)28(8-4-5-8)20(31)26-19(12)30/h8-10,17-18,29,32H,4-7H2,1-3H3,(H,26,30,31). The van der Waals surface area contributed by atoms with Crippen LogP contribution in [0.15, 0.2) is 9.59 Å². The Morgan fingerprint density at radius 1 is 1.21 bits per heavy atom. The van der Waals surface area contributed by atoms with E-state index in [2.05, 4.69) is 0 Å². The number of rotatable bonds is 6. The highest BCUT2D eigenvalue weighted by Gasteiger charge is 2.45. The summed E-state index contributed by atoms with van der Waals surface area (Å²) in [7, 11) is 1.13. The zero-order chi connectivity index (χ0) is 24.4. The number of ether oxygens (including phenoxy) is 1. The number of halogens is 4. The van der Waals surface area contributed by atoms with E-state index in [0.717, 1.165) is 16.6 Å². The molecule has 1 saturated heterocycles. The molecule has 4 rings (SSSR count). The molecule has 2 fully saturated rings. The third kappa shape index (κ3) is 3.78. The van der Waals surface area contributed by atoms with Gasteiger partial charge in [-0.3, -0.25) is 14.3 Å². The molecule has 0 amide bonds. The van der Waals surface area contributed by atoms with E-state index in [1.807, 2.05) is 4.98 Å². The van der Waals surface area contributed by atoms with Crippen molar-refractivity contribution in [3.8, 4) is 5.75 Å². The van der Waals surface area contributed by atoms with Crippen LogP contribution in [0.25, 0.3) is 10.9 Å². The fourth-order valence-corrected chi connectivity index (χ4v) is 4.63. The number of nitrogens with zero attached hydrogens (tertiary/aromatic N) is 2. The highest BCUT2D eigenvalue weighted by Crippen LogP contribution is 2.47. The number of fused-ring (bicyclic) bond motifs is 1. The van der Waals surface area contributed by atoms with Crippen LogP contribution in [-0.2, 0) is 0 Å². The number of H-pyrrole nitrogens is 1. The van der Waals surface area contributed by atoms with Crippen molar-refractivity contribution in [1.29, 1.82) is 0 Å². The van der Waals surface area contributed by atoms with E-state index in [9.17, 15) is 33.0 Å². The Hall–Kier alpha value is -2.60. The van der Waals surface area contributed by atoms with Crippen molar-refractivity contribution in [1.82, 2.24) is 9.55 Å². The van der Waals surface area contributed by atoms with Gasteiger partial charge in [0.2, 0.25) is 0 Å². The summed E-state index contributed by atoms with van der Waals surface area (Å²) in [6.45, 7) is 1.79. The first-order valence-corrected chi connectivity index (χ1v) is 10.5. The van der Waals surface area contributed by atoms with Crippen LogP contribution in [0.1, 0.15) is 44.7 Å². The largest absolute Gasteiger partial charge is 0.492 e. The van der Waals surface area contributed by atoms with Crippen LogP contribution in [0.2, 0.25) is 0 Å². The first-order chi connectivity index (χ1) is 15.4. The molecular weight excluding hydrogens is 450 g/mol. The van der Waals surface area contributed by atoms with Crippen molar-refractivity contribution in [2.24, 2.45) is 5.92 Å². The number of aliphatic hydroxyl groups excluding tert-OH is 1. The summed E-state index contributed by atoms with van der Waals surface area (Å²) in [6.07, 6.45) is -5.54. The van der Waals surface area contributed by atoms with Gasteiger partial charge >= 0.3 is 5.69 Å². The SMILES string of the molecule is COc1c(N2CC(F)C(C(O)C(C)(C)O)C2)c(F)c(C(F)F)c2c(=O)[nH]c(=O)n(C3CC3)c12. The number of nitrogens with one attached hydrogen (secondary N) is 1. The molecule has 2 aliphatic rings. The molecule has 1 aliphatic heterocycles. The highest BCUT2D eigenvalue weighted by molar-refractivity contribution is 5.94. The van der Waals surface area contributed by atoms with Gasteiger partial charge in [-0.05, 0) is 26.7 Å². The molecule has 0 spiro atoms. The summed E-state index contributed by atoms with van der Waals surface area (Å²) < 4.78 is 65.0. The van der Waals surface area contributed by atoms with Crippen LogP contribution in [0, 0.1) is 11.7 Å². The molecule has 182 valence electrons. The van der Waals surface area contributed by atoms with E-state index in [4.69, 9.17) is 4.74 Å². The predicted octanol–water partition coefficient (Wildman–Crippen LogP) is 2.02. The number of hydrogen-bond acceptors (Lipinski definition) is 6. The van der Waals surface area contributed by atoms with E-state index in [1.165, 1.54) is 13.8 Å². The second kappa shape index (κ2) is 8.01. The van der Waals surface area contributed by atoms with Crippen LogP contribution in [0.4, 0.5) is 23.2 Å². The molecule has 3 unspecified atom stereocenters. The average Bonchev–Trinajstić information content (AvgIpc) is 3.47. The highest BCUT2D eigenvalue weighted by atomic mass is 19.3. The normalized spacial score (nSPS) is 22.4. The molecule has 1 aromatic carbocycles. The fourth-order valence-electron chi connectivity index (χ4n) is 4.63. The van der Waals surface area contributed by atoms with Gasteiger partial charge in [0.25, 0.3) is 12.0 Å². The molecule has 1 aliphatic carbocycles. The lowest BCUT2D eigenvalue weighted by Crippen LogP contribution is -2.45. The number of benzene rings is 1. The van der Waals surface area contributed by atoms with Crippen molar-refractivity contribution < 1.29 is 32.5 Å². The molecule has 0 bridgehead atoms. The Morgan fingerprint density at radius 2 is 1.85 bits per heavy atom. The first-order valence-electron chi connectivity index (χ1n) is 10.5. The first kappa shape index (κ1) is 23.6. The van der Waals surface area contributed by atoms with Gasteiger partial charge < -0.3 is 19.8 Å². The molecule has 8 nitrogen and oxygen atoms in total. The second-order valence-electron chi connectivity index (χ2n) is 9.18. The minimum absolute atomic E-state index is 0.276. The zero-order valence-electron chi connectivity index (χ0n) is 18.2. The number of aromatic amines is 1. The van der Waals surface area contributed by atoms with Crippen molar-refractivity contribution in [2.75, 3.05) is 25.1 Å². The number of hydrogen-bond donors (Lipinski definition) is 3. The Kier molecular flexibility index (Phi) is 5.72. The summed E-state index contributed by atoms with van der Waals surface area (Å²) in [5, 5.41) is 19.8. The van der Waals surface area contributed by atoms with Crippen LogP contribution >= 0.6 is 0 Å². The van der Waals surface area contributed by atoms with Crippen molar-refractivity contribution in [2.45, 2.75) is 57.0 Å². The topological polar surface area (TPSA) is 108 Å². The molecule has 1 saturated carbocycles. The second-order valence-corrected chi connectivity index (χ2v) is 9.18. The van der Waals surface area contributed by atoms with E-state index in [1.54, 1.807) is 0 Å². The summed E-state index contributed by atoms with van der Waals surface area (Å²) in [5.41, 5.74) is -5.68. The van der Waals surface area contributed by atoms with Crippen LogP contribution in [-0.4, -0.2) is 57.8 Å². The predicted molar refractivity (Wildman–Crippen MR) is 111 cm³/mol. The van der Waals surface area contributed by atoms with E-state index < -0.39 is 70.5 Å². The minimum atomic E-state index is -3.41. The molecule has 2 heterocycles. The smallest absolute Gasteiger partial charge is 0.329 e. The molecule has 0 radical (unpaired) electrons. The minimum Gasteiger partial charge on any atom is -0.492 e. The maximum atomic E-state index is 15.6. The molecule has 2 aromatic rings. The molecule has 1 aromatic heterocycles. The van der Waals surface area contributed by atoms with Crippen LogP contribution in [0.5, 0.6) is 5.75 Å². The van der Waals surface area contributed by atoms with Crippen molar-refractivity contribution in [3.63, 3.8) is 0 Å². The summed E-state index contributed by atoms with van der Waals surface area (Å²) >= 11 is 0. The molecule has 33 heavy (non-hydrogen) atoms. The average molecular weight is 475 g/mol. The summed E-state index contributed by atoms with van der Waals surface area (Å²) in [5.74, 6) is -2.95. The lowest BCUT2D eigenvalue weighted by Gasteiger charge is -2.30. The Labute approximate surface area is 185 Å². The van der Waals surface area contributed by atoms with Crippen molar-refractivity contribution >= 4 is 16.6 Å². The third-order valence-corrected chi connectivity index (χ3v) is 6.36. The van der Waals surface area contributed by atoms with Gasteiger partial charge in [-0.25, -0.2) is 22.4 Å². The van der Waals surface area contributed by atoms with Crippen LogP contribution < -0.4 is 20.9 Å². The van der Waals surface area contributed by atoms with Gasteiger partial charge in [-0.1, -0.05) is 0 Å². The molecule has 3 N–H and O–H groups in total. The Morgan fingerprint density at radius 3 is 2.36 bits per heavy atom. The van der Waals surface area contributed by atoms with Crippen LogP contribution in [0.3, 0.4) is 0 Å². The maximum absolute atomic E-state index is 15.6. The number of methoxy groups -OCH3 is 1. The number of aromatic nitrogens is 2. The molecular formula is C21H25F4N3O5. The van der Waals surface area contributed by atoms with E-state index >= 15 is 4.39 Å². The van der Waals surface area contributed by atoms with Gasteiger partial charge in [0.15, 0.2) is 11.6 Å². The number of alkyl halides is 3. The fraction of sp³-hybridized carbons (Fsp3) is 0.619. The van der Waals surface area contributed by atoms with Gasteiger partial charge in [-0.15, -0.1) is 0 Å². The number of anilines is 1. The van der Waals surface area contributed by atoms with Gasteiger partial charge in [0, 0.05) is 25.0 Å². The lowest BCUT2D eigenvalue weighted by molar-refractivity contribution is -0.0831. The third-order valence-electron chi connectivity index (χ3n) is 6.36. The van der Waals surface area contributed by atoms with E-state index in [-0.39, 0.29) is 23.9 Å². The summed E-state index contributed by atoms with van der Waals surface area (Å²) in [6, 6.07) is -0.383. The lowest BCUT2D eigenvalue weighted by atomic mass is 9.88. The molecule has 12 heteroatoms. The quantitative estimate of drug-likeness (QED) is 0.552. The Bertz CT molecular complexity index is 1200. The van der Waals surface area contributed by atoms with Gasteiger partial charge in [0.05, 0.1) is 29.8 Å². The Balaban J connectivity index is 2.00. The zero-order valence-corrected chi connectivity index (χ0v) is 18.2. The molecule has 3 atom stereocenters. The number of aliphatic hydroxyl groups is 2.